The van der Waals surface area contributed by atoms with Crippen LogP contribution in [-0.2, 0) is 4.79 Å². The standard InChI is InChI=1S/C11H12ClN3O3/c12-8-4-3-7(14-15-8)9(16)13-11(10(17)18)5-1-2-6-11/h3-4H,1-2,5-6H2,(H,13,16)(H,17,18). The van der Waals surface area contributed by atoms with Crippen molar-refractivity contribution < 1.29 is 14.7 Å². The number of rotatable bonds is 3. The van der Waals surface area contributed by atoms with Gasteiger partial charge in [0.2, 0.25) is 0 Å². The first-order chi connectivity index (χ1) is 8.53. The van der Waals surface area contributed by atoms with Gasteiger partial charge in [-0.05, 0) is 25.0 Å². The van der Waals surface area contributed by atoms with Crippen molar-refractivity contribution in [2.75, 3.05) is 0 Å². The Morgan fingerprint density at radius 1 is 1.28 bits per heavy atom. The minimum atomic E-state index is -1.17. The van der Waals surface area contributed by atoms with E-state index in [1.54, 1.807) is 0 Å². The molecule has 0 unspecified atom stereocenters. The molecule has 1 heterocycles. The van der Waals surface area contributed by atoms with Gasteiger partial charge in [-0.3, -0.25) is 4.79 Å². The van der Waals surface area contributed by atoms with Crippen LogP contribution in [0.4, 0.5) is 0 Å². The molecular weight excluding hydrogens is 258 g/mol. The smallest absolute Gasteiger partial charge is 0.329 e. The third-order valence-electron chi connectivity index (χ3n) is 3.08. The van der Waals surface area contributed by atoms with Crippen LogP contribution < -0.4 is 5.32 Å². The number of carbonyl (C=O) groups is 2. The molecule has 0 bridgehead atoms. The molecule has 96 valence electrons. The third-order valence-corrected chi connectivity index (χ3v) is 3.29. The van der Waals surface area contributed by atoms with E-state index >= 15 is 0 Å². The lowest BCUT2D eigenvalue weighted by molar-refractivity contribution is -0.144. The maximum Gasteiger partial charge on any atom is 0.329 e. The van der Waals surface area contributed by atoms with Crippen molar-refractivity contribution in [1.29, 1.82) is 0 Å². The predicted molar refractivity (Wildman–Crippen MR) is 63.3 cm³/mol. The van der Waals surface area contributed by atoms with Gasteiger partial charge in [0.1, 0.15) is 5.54 Å². The second-order valence-electron chi connectivity index (χ2n) is 4.29. The van der Waals surface area contributed by atoms with Gasteiger partial charge in [-0.1, -0.05) is 24.4 Å². The summed E-state index contributed by atoms with van der Waals surface area (Å²) in [6, 6.07) is 2.85. The molecule has 6 nitrogen and oxygen atoms in total. The monoisotopic (exact) mass is 269 g/mol. The summed E-state index contributed by atoms with van der Waals surface area (Å²) in [6.07, 6.45) is 2.46. The van der Waals surface area contributed by atoms with E-state index in [9.17, 15) is 14.7 Å². The molecule has 7 heteroatoms. The molecule has 1 fully saturated rings. The fourth-order valence-corrected chi connectivity index (χ4v) is 2.19. The van der Waals surface area contributed by atoms with Gasteiger partial charge in [-0.15, -0.1) is 10.2 Å². The van der Waals surface area contributed by atoms with Crippen LogP contribution in [0.15, 0.2) is 12.1 Å². The predicted octanol–water partition coefficient (Wildman–Crippen LogP) is 1.26. The van der Waals surface area contributed by atoms with Gasteiger partial charge in [0.05, 0.1) is 0 Å². The minimum Gasteiger partial charge on any atom is -0.480 e. The van der Waals surface area contributed by atoms with Crippen LogP contribution in [0.25, 0.3) is 0 Å². The number of carboxylic acids is 1. The Kier molecular flexibility index (Phi) is 3.47. The van der Waals surface area contributed by atoms with Gasteiger partial charge >= 0.3 is 5.97 Å². The summed E-state index contributed by atoms with van der Waals surface area (Å²) < 4.78 is 0. The summed E-state index contributed by atoms with van der Waals surface area (Å²) in [5, 5.41) is 19.1. The number of nitrogens with zero attached hydrogens (tertiary/aromatic N) is 2. The molecule has 0 saturated heterocycles. The molecule has 1 aliphatic carbocycles. The van der Waals surface area contributed by atoms with E-state index in [1.807, 2.05) is 0 Å². The van der Waals surface area contributed by atoms with Gasteiger partial charge in [-0.2, -0.15) is 0 Å². The van der Waals surface area contributed by atoms with E-state index in [4.69, 9.17) is 11.6 Å². The van der Waals surface area contributed by atoms with Crippen molar-refractivity contribution in [3.8, 4) is 0 Å². The average molecular weight is 270 g/mol. The first kappa shape index (κ1) is 12.8. The van der Waals surface area contributed by atoms with Crippen molar-refractivity contribution >= 4 is 23.5 Å². The number of amides is 1. The molecule has 1 saturated carbocycles. The lowest BCUT2D eigenvalue weighted by Gasteiger charge is -2.24. The van der Waals surface area contributed by atoms with Crippen LogP contribution in [0.5, 0.6) is 0 Å². The Bertz CT molecular complexity index is 469. The van der Waals surface area contributed by atoms with Crippen LogP contribution in [0.2, 0.25) is 5.15 Å². The number of aromatic nitrogens is 2. The number of aliphatic carboxylic acids is 1. The van der Waals surface area contributed by atoms with Gasteiger partial charge in [0.25, 0.3) is 5.91 Å². The highest BCUT2D eigenvalue weighted by Gasteiger charge is 2.42. The fourth-order valence-electron chi connectivity index (χ4n) is 2.09. The number of halogens is 1. The molecule has 1 aromatic rings. The summed E-state index contributed by atoms with van der Waals surface area (Å²) in [6.45, 7) is 0. The molecule has 18 heavy (non-hydrogen) atoms. The quantitative estimate of drug-likeness (QED) is 0.862. The molecule has 2 rings (SSSR count). The van der Waals surface area contributed by atoms with Crippen molar-refractivity contribution in [2.24, 2.45) is 0 Å². The maximum atomic E-state index is 11.9. The summed E-state index contributed by atoms with van der Waals surface area (Å²) >= 11 is 5.57. The summed E-state index contributed by atoms with van der Waals surface area (Å²) in [5.74, 6) is -1.54. The van der Waals surface area contributed by atoms with E-state index in [2.05, 4.69) is 15.5 Å². The number of carbonyl (C=O) groups excluding carboxylic acids is 1. The van der Waals surface area contributed by atoms with Crippen LogP contribution in [0, 0.1) is 0 Å². The van der Waals surface area contributed by atoms with Crippen LogP contribution in [-0.4, -0.2) is 32.7 Å². The Morgan fingerprint density at radius 2 is 1.94 bits per heavy atom. The highest BCUT2D eigenvalue weighted by molar-refractivity contribution is 6.29. The normalized spacial score (nSPS) is 17.4. The van der Waals surface area contributed by atoms with E-state index < -0.39 is 17.4 Å². The Hall–Kier alpha value is -1.69. The number of hydrogen-bond donors (Lipinski definition) is 2. The number of carboxylic acid groups (broad SMARTS) is 1. The van der Waals surface area contributed by atoms with E-state index in [0.29, 0.717) is 12.8 Å². The molecule has 0 aromatic carbocycles. The molecule has 0 atom stereocenters. The summed E-state index contributed by atoms with van der Waals surface area (Å²) in [4.78, 5) is 23.2. The van der Waals surface area contributed by atoms with Crippen molar-refractivity contribution in [3.63, 3.8) is 0 Å². The number of nitrogens with one attached hydrogen (secondary N) is 1. The zero-order valence-electron chi connectivity index (χ0n) is 9.52. The van der Waals surface area contributed by atoms with Crippen LogP contribution in [0.3, 0.4) is 0 Å². The maximum absolute atomic E-state index is 11.9. The molecule has 0 spiro atoms. The molecule has 2 N–H and O–H groups in total. The molecule has 0 aliphatic heterocycles. The summed E-state index contributed by atoms with van der Waals surface area (Å²) in [7, 11) is 0. The van der Waals surface area contributed by atoms with E-state index in [-0.39, 0.29) is 10.8 Å². The SMILES string of the molecule is O=C(NC1(C(=O)O)CCCC1)c1ccc(Cl)nn1. The Balaban J connectivity index is 2.15. The molecule has 1 aromatic heterocycles. The zero-order valence-corrected chi connectivity index (χ0v) is 10.3. The van der Waals surface area contributed by atoms with E-state index in [0.717, 1.165) is 12.8 Å². The van der Waals surface area contributed by atoms with Crippen molar-refractivity contribution in [2.45, 2.75) is 31.2 Å². The molecule has 1 amide bonds. The van der Waals surface area contributed by atoms with Crippen molar-refractivity contribution in [1.82, 2.24) is 15.5 Å². The minimum absolute atomic E-state index is 0.0620. The lowest BCUT2D eigenvalue weighted by atomic mass is 9.97. The summed E-state index contributed by atoms with van der Waals surface area (Å²) in [5.41, 5.74) is -1.11. The highest BCUT2D eigenvalue weighted by atomic mass is 35.5. The van der Waals surface area contributed by atoms with Crippen LogP contribution in [0.1, 0.15) is 36.2 Å². The Labute approximate surface area is 108 Å². The van der Waals surface area contributed by atoms with Crippen molar-refractivity contribution in [3.05, 3.63) is 23.0 Å². The first-order valence-electron chi connectivity index (χ1n) is 5.59. The van der Waals surface area contributed by atoms with Gasteiger partial charge in [0.15, 0.2) is 10.8 Å². The second-order valence-corrected chi connectivity index (χ2v) is 4.68. The van der Waals surface area contributed by atoms with Gasteiger partial charge in [0, 0.05) is 0 Å². The van der Waals surface area contributed by atoms with Crippen LogP contribution >= 0.6 is 11.6 Å². The zero-order chi connectivity index (χ0) is 13.2. The lowest BCUT2D eigenvalue weighted by Crippen LogP contribution is -2.52. The molecular formula is C11H12ClN3O3. The first-order valence-corrected chi connectivity index (χ1v) is 5.96. The van der Waals surface area contributed by atoms with Gasteiger partial charge < -0.3 is 10.4 Å². The second kappa shape index (κ2) is 4.89. The molecule has 0 radical (unpaired) electrons. The Morgan fingerprint density at radius 3 is 2.44 bits per heavy atom. The van der Waals surface area contributed by atoms with Gasteiger partial charge in [-0.25, -0.2) is 4.79 Å². The number of hydrogen-bond acceptors (Lipinski definition) is 4. The van der Waals surface area contributed by atoms with E-state index in [1.165, 1.54) is 12.1 Å². The average Bonchev–Trinajstić information content (AvgIpc) is 2.79. The third kappa shape index (κ3) is 2.43. The highest BCUT2D eigenvalue weighted by Crippen LogP contribution is 2.30. The topological polar surface area (TPSA) is 92.2 Å². The fraction of sp³-hybridized carbons (Fsp3) is 0.455. The largest absolute Gasteiger partial charge is 0.480 e. The molecule has 1 aliphatic rings.